The molecule has 5 nitrogen and oxygen atoms in total. The summed E-state index contributed by atoms with van der Waals surface area (Å²) in [6, 6.07) is 18.0. The van der Waals surface area contributed by atoms with E-state index in [4.69, 9.17) is 4.74 Å². The normalized spacial score (nSPS) is 13.7. The monoisotopic (exact) mass is 335 g/mol. The average Bonchev–Trinajstić information content (AvgIpc) is 2.64. The summed E-state index contributed by atoms with van der Waals surface area (Å²) >= 11 is 0. The van der Waals surface area contributed by atoms with Crippen molar-refractivity contribution in [3.8, 4) is 5.75 Å². The van der Waals surface area contributed by atoms with Crippen molar-refractivity contribution >= 4 is 17.2 Å². The third kappa shape index (κ3) is 5.09. The van der Waals surface area contributed by atoms with Gasteiger partial charge in [-0.25, -0.2) is 4.99 Å². The molecule has 1 heterocycles. The third-order valence-corrected chi connectivity index (χ3v) is 3.73. The molecule has 0 aromatic heterocycles. The predicted octanol–water partition coefficient (Wildman–Crippen LogP) is 3.20. The lowest BCUT2D eigenvalue weighted by atomic mass is 10.1. The summed E-state index contributed by atoms with van der Waals surface area (Å²) < 4.78 is 5.69. The number of rotatable bonds is 6. The quantitative estimate of drug-likeness (QED) is 0.851. The van der Waals surface area contributed by atoms with Crippen molar-refractivity contribution in [2.75, 3.05) is 32.6 Å². The maximum absolute atomic E-state index is 5.69. The van der Waals surface area contributed by atoms with Gasteiger partial charge in [0.1, 0.15) is 12.4 Å². The van der Waals surface area contributed by atoms with Gasteiger partial charge in [-0.3, -0.25) is 0 Å². The number of benzene rings is 2. The highest BCUT2D eigenvalue weighted by Crippen LogP contribution is 2.19. The summed E-state index contributed by atoms with van der Waals surface area (Å²) in [4.78, 5) is 6.53. The second-order valence-electron chi connectivity index (χ2n) is 6.02. The largest absolute Gasteiger partial charge is 0.492 e. The molecule has 129 valence electrons. The number of likely N-dealkylation sites (N-methyl/N-ethyl adjacent to an activating group) is 1. The SMILES string of the molecule is CN(C)CCOc1ccc(NC2=NC=C(c3ccccc3)[CH]N2)cc1. The molecule has 0 aliphatic carbocycles. The zero-order chi connectivity index (χ0) is 17.5. The Hall–Kier alpha value is -2.79. The van der Waals surface area contributed by atoms with Crippen LogP contribution in [0.4, 0.5) is 5.69 Å². The molecule has 0 spiro atoms. The zero-order valence-corrected chi connectivity index (χ0v) is 14.6. The van der Waals surface area contributed by atoms with Crippen LogP contribution in [0.2, 0.25) is 0 Å². The number of hydrogen-bond donors (Lipinski definition) is 2. The van der Waals surface area contributed by atoms with Crippen molar-refractivity contribution in [1.29, 1.82) is 0 Å². The molecule has 1 radical (unpaired) electrons. The van der Waals surface area contributed by atoms with Gasteiger partial charge in [0.25, 0.3) is 0 Å². The Morgan fingerprint density at radius 2 is 1.80 bits per heavy atom. The summed E-state index contributed by atoms with van der Waals surface area (Å²) in [6.07, 6.45) is 1.85. The maximum atomic E-state index is 5.69. The number of guanidine groups is 1. The lowest BCUT2D eigenvalue weighted by molar-refractivity contribution is 0.261. The molecule has 2 aromatic carbocycles. The highest BCUT2D eigenvalue weighted by Gasteiger charge is 2.09. The molecular weight excluding hydrogens is 312 g/mol. The van der Waals surface area contributed by atoms with Crippen LogP contribution in [0, 0.1) is 6.54 Å². The van der Waals surface area contributed by atoms with E-state index in [2.05, 4.69) is 32.7 Å². The molecule has 0 saturated carbocycles. The van der Waals surface area contributed by atoms with E-state index in [0.717, 1.165) is 29.1 Å². The predicted molar refractivity (Wildman–Crippen MR) is 103 cm³/mol. The van der Waals surface area contributed by atoms with Crippen molar-refractivity contribution in [2.45, 2.75) is 0 Å². The van der Waals surface area contributed by atoms with Crippen LogP contribution >= 0.6 is 0 Å². The van der Waals surface area contributed by atoms with Crippen molar-refractivity contribution in [3.05, 3.63) is 72.9 Å². The number of ether oxygens (including phenoxy) is 1. The van der Waals surface area contributed by atoms with E-state index >= 15 is 0 Å². The number of aliphatic imine (C=N–C) groups is 1. The van der Waals surface area contributed by atoms with Gasteiger partial charge in [0.2, 0.25) is 5.96 Å². The molecule has 0 unspecified atom stereocenters. The minimum Gasteiger partial charge on any atom is -0.492 e. The first-order chi connectivity index (χ1) is 12.2. The van der Waals surface area contributed by atoms with Gasteiger partial charge in [-0.1, -0.05) is 30.3 Å². The third-order valence-electron chi connectivity index (χ3n) is 3.73. The Bertz CT molecular complexity index is 736. The van der Waals surface area contributed by atoms with E-state index in [9.17, 15) is 0 Å². The molecule has 0 saturated heterocycles. The van der Waals surface area contributed by atoms with Gasteiger partial charge >= 0.3 is 0 Å². The maximum Gasteiger partial charge on any atom is 0.201 e. The molecule has 2 N–H and O–H groups in total. The van der Waals surface area contributed by atoms with Gasteiger partial charge in [-0.05, 0) is 43.9 Å². The lowest BCUT2D eigenvalue weighted by Crippen LogP contribution is -2.30. The van der Waals surface area contributed by atoms with Gasteiger partial charge in [-0.2, -0.15) is 0 Å². The van der Waals surface area contributed by atoms with Crippen molar-refractivity contribution < 1.29 is 4.74 Å². The second kappa shape index (κ2) is 8.35. The number of anilines is 1. The van der Waals surface area contributed by atoms with Gasteiger partial charge in [-0.15, -0.1) is 0 Å². The molecular formula is C20H23N4O. The van der Waals surface area contributed by atoms with Gasteiger partial charge < -0.3 is 20.3 Å². The fraction of sp³-hybridized carbons (Fsp3) is 0.200. The molecule has 25 heavy (non-hydrogen) atoms. The van der Waals surface area contributed by atoms with Crippen LogP contribution in [0.25, 0.3) is 5.57 Å². The molecule has 1 aliphatic heterocycles. The molecule has 2 aromatic rings. The summed E-state index contributed by atoms with van der Waals surface area (Å²) in [5, 5.41) is 6.44. The fourth-order valence-corrected chi connectivity index (χ4v) is 2.33. The Labute approximate surface area is 149 Å². The van der Waals surface area contributed by atoms with E-state index in [1.54, 1.807) is 0 Å². The second-order valence-corrected chi connectivity index (χ2v) is 6.02. The summed E-state index contributed by atoms with van der Waals surface area (Å²) in [7, 11) is 4.06. The molecule has 0 amide bonds. The minimum absolute atomic E-state index is 0.677. The first-order valence-electron chi connectivity index (χ1n) is 8.28. The van der Waals surface area contributed by atoms with Crippen LogP contribution in [0.15, 0.2) is 65.8 Å². The van der Waals surface area contributed by atoms with Crippen molar-refractivity contribution in [3.63, 3.8) is 0 Å². The number of nitrogens with zero attached hydrogens (tertiary/aromatic N) is 2. The van der Waals surface area contributed by atoms with Crippen molar-refractivity contribution in [1.82, 2.24) is 10.2 Å². The van der Waals surface area contributed by atoms with E-state index in [0.29, 0.717) is 12.6 Å². The Balaban J connectivity index is 1.56. The fourth-order valence-electron chi connectivity index (χ4n) is 2.33. The van der Waals surface area contributed by atoms with Crippen LogP contribution in [0.3, 0.4) is 0 Å². The lowest BCUT2D eigenvalue weighted by Gasteiger charge is -2.17. The number of hydrogen-bond acceptors (Lipinski definition) is 5. The highest BCUT2D eigenvalue weighted by atomic mass is 16.5. The molecule has 5 heteroatoms. The molecule has 1 aliphatic rings. The van der Waals surface area contributed by atoms with Crippen LogP contribution in [0.1, 0.15) is 5.56 Å². The van der Waals surface area contributed by atoms with Crippen molar-refractivity contribution in [2.24, 2.45) is 4.99 Å². The Morgan fingerprint density at radius 1 is 1.04 bits per heavy atom. The molecule has 3 rings (SSSR count). The van der Waals surface area contributed by atoms with Gasteiger partial charge in [0, 0.05) is 24.0 Å². The van der Waals surface area contributed by atoms with E-state index in [-0.39, 0.29) is 0 Å². The van der Waals surface area contributed by atoms with Gasteiger partial charge in [0.15, 0.2) is 0 Å². The molecule has 0 bridgehead atoms. The van der Waals surface area contributed by atoms with Crippen LogP contribution in [-0.4, -0.2) is 38.1 Å². The topological polar surface area (TPSA) is 48.9 Å². The summed E-state index contributed by atoms with van der Waals surface area (Å²) in [5.74, 6) is 1.56. The van der Waals surface area contributed by atoms with E-state index in [1.807, 2.05) is 69.3 Å². The summed E-state index contributed by atoms with van der Waals surface area (Å²) in [5.41, 5.74) is 3.14. The first-order valence-corrected chi connectivity index (χ1v) is 8.28. The zero-order valence-electron chi connectivity index (χ0n) is 14.6. The summed E-state index contributed by atoms with van der Waals surface area (Å²) in [6.45, 7) is 3.52. The van der Waals surface area contributed by atoms with Crippen LogP contribution < -0.4 is 15.4 Å². The van der Waals surface area contributed by atoms with Crippen LogP contribution in [-0.2, 0) is 0 Å². The molecule has 0 atom stereocenters. The van der Waals surface area contributed by atoms with Gasteiger partial charge in [0.05, 0.1) is 6.54 Å². The smallest absolute Gasteiger partial charge is 0.201 e. The Kier molecular flexibility index (Phi) is 5.69. The highest BCUT2D eigenvalue weighted by molar-refractivity contribution is 5.98. The number of nitrogens with one attached hydrogen (secondary N) is 2. The minimum atomic E-state index is 0.677. The van der Waals surface area contributed by atoms with E-state index in [1.165, 1.54) is 0 Å². The first kappa shape index (κ1) is 17.0. The van der Waals surface area contributed by atoms with Crippen LogP contribution in [0.5, 0.6) is 5.75 Å². The average molecular weight is 335 g/mol. The molecule has 0 fully saturated rings. The standard InChI is InChI=1S/C20H23N4O/c1-24(2)12-13-25-19-10-8-18(9-11-19)23-20-21-14-17(15-22-20)16-6-4-3-5-7-16/h3-11,14-15H,12-13H2,1-2H3,(H2,21,22,23). The van der Waals surface area contributed by atoms with E-state index < -0.39 is 0 Å². The Morgan fingerprint density at radius 3 is 2.44 bits per heavy atom.